The summed E-state index contributed by atoms with van der Waals surface area (Å²) in [6, 6.07) is 0. The van der Waals surface area contributed by atoms with Crippen LogP contribution in [0.25, 0.3) is 0 Å². The van der Waals surface area contributed by atoms with E-state index in [0.29, 0.717) is 10.6 Å². The number of nitrogens with two attached hydrogens (primary N) is 1. The second-order valence-corrected chi connectivity index (χ2v) is 3.57. The molecule has 0 aliphatic rings. The molecule has 82 valence electrons. The van der Waals surface area contributed by atoms with Crippen LogP contribution in [0.1, 0.15) is 15.4 Å². The fourth-order valence-corrected chi connectivity index (χ4v) is 1.38. The molecule has 0 saturated heterocycles. The van der Waals surface area contributed by atoms with Crippen molar-refractivity contribution in [3.63, 3.8) is 0 Å². The van der Waals surface area contributed by atoms with Crippen molar-refractivity contribution in [2.45, 2.75) is 13.0 Å². The van der Waals surface area contributed by atoms with Crippen molar-refractivity contribution in [1.29, 1.82) is 0 Å². The minimum absolute atomic E-state index is 0.217. The van der Waals surface area contributed by atoms with Gasteiger partial charge in [-0.1, -0.05) is 4.49 Å². The smallest absolute Gasteiger partial charge is 0.265 e. The zero-order valence-corrected chi connectivity index (χ0v) is 8.74. The van der Waals surface area contributed by atoms with E-state index in [2.05, 4.69) is 14.9 Å². The number of primary amides is 1. The summed E-state index contributed by atoms with van der Waals surface area (Å²) in [5.41, 5.74) is 5.31. The average Bonchev–Trinajstić information content (AvgIpc) is 2.60. The van der Waals surface area contributed by atoms with Crippen LogP contribution >= 0.6 is 11.5 Å². The molecular formula is C7H10N4O3S. The van der Waals surface area contributed by atoms with Crippen LogP contribution in [0, 0.1) is 6.92 Å². The van der Waals surface area contributed by atoms with E-state index in [1.54, 1.807) is 6.92 Å². The lowest BCUT2D eigenvalue weighted by molar-refractivity contribution is -0.125. The average molecular weight is 230 g/mol. The Labute approximate surface area is 89.5 Å². The minimum Gasteiger partial charge on any atom is -0.381 e. The number of aryl methyl sites for hydroxylation is 1. The molecule has 0 saturated carbocycles. The van der Waals surface area contributed by atoms with Gasteiger partial charge in [-0.3, -0.25) is 9.59 Å². The largest absolute Gasteiger partial charge is 0.381 e. The highest BCUT2D eigenvalue weighted by molar-refractivity contribution is 7.07. The summed E-state index contributed by atoms with van der Waals surface area (Å²) in [6.45, 7) is 1.43. The molecule has 2 amide bonds. The van der Waals surface area contributed by atoms with E-state index in [4.69, 9.17) is 10.8 Å². The van der Waals surface area contributed by atoms with Gasteiger partial charge in [0.05, 0.1) is 12.2 Å². The third-order valence-corrected chi connectivity index (χ3v) is 2.47. The molecule has 1 heterocycles. The van der Waals surface area contributed by atoms with Gasteiger partial charge in [0.15, 0.2) is 0 Å². The summed E-state index contributed by atoms with van der Waals surface area (Å²) in [6.07, 6.45) is -1.38. The Morgan fingerprint density at radius 1 is 1.67 bits per heavy atom. The molecule has 0 spiro atoms. The van der Waals surface area contributed by atoms with Gasteiger partial charge in [-0.25, -0.2) is 0 Å². The van der Waals surface area contributed by atoms with Gasteiger partial charge in [0.1, 0.15) is 11.0 Å². The first-order valence-corrected chi connectivity index (χ1v) is 4.84. The van der Waals surface area contributed by atoms with Crippen molar-refractivity contribution in [3.8, 4) is 0 Å². The lowest BCUT2D eigenvalue weighted by Gasteiger charge is -2.06. The number of aliphatic hydroxyl groups excluding tert-OH is 1. The molecule has 1 rings (SSSR count). The third kappa shape index (κ3) is 2.96. The number of carbonyl (C=O) groups excluding carboxylic acids is 2. The second-order valence-electron chi connectivity index (χ2n) is 2.82. The first-order chi connectivity index (χ1) is 7.02. The van der Waals surface area contributed by atoms with E-state index < -0.39 is 17.9 Å². The summed E-state index contributed by atoms with van der Waals surface area (Å²) < 4.78 is 3.58. The first kappa shape index (κ1) is 11.5. The van der Waals surface area contributed by atoms with Crippen LogP contribution in [0.2, 0.25) is 0 Å². The molecule has 1 atom stereocenters. The van der Waals surface area contributed by atoms with Gasteiger partial charge in [-0.05, 0) is 18.5 Å². The Morgan fingerprint density at radius 2 is 2.33 bits per heavy atom. The number of aromatic nitrogens is 2. The lowest BCUT2D eigenvalue weighted by atomic mass is 10.3. The van der Waals surface area contributed by atoms with Crippen LogP contribution in [-0.2, 0) is 4.79 Å². The molecule has 4 N–H and O–H groups in total. The van der Waals surface area contributed by atoms with Crippen LogP contribution in [-0.4, -0.2) is 39.2 Å². The fraction of sp³-hybridized carbons (Fsp3) is 0.429. The second kappa shape index (κ2) is 4.80. The van der Waals surface area contributed by atoms with Gasteiger partial charge in [0, 0.05) is 0 Å². The van der Waals surface area contributed by atoms with E-state index >= 15 is 0 Å². The van der Waals surface area contributed by atoms with E-state index in [1.165, 1.54) is 0 Å². The molecule has 0 fully saturated rings. The van der Waals surface area contributed by atoms with Crippen molar-refractivity contribution in [2.24, 2.45) is 5.73 Å². The summed E-state index contributed by atoms with van der Waals surface area (Å²) in [7, 11) is 0. The maximum atomic E-state index is 11.4. The van der Waals surface area contributed by atoms with Crippen LogP contribution in [0.5, 0.6) is 0 Å². The molecule has 1 aromatic heterocycles. The highest BCUT2D eigenvalue weighted by Gasteiger charge is 2.16. The molecule has 0 bridgehead atoms. The van der Waals surface area contributed by atoms with Gasteiger partial charge in [0.2, 0.25) is 5.91 Å². The van der Waals surface area contributed by atoms with Crippen LogP contribution in [0.3, 0.4) is 0 Å². The predicted octanol–water partition coefficient (Wildman–Crippen LogP) is -1.58. The van der Waals surface area contributed by atoms with Crippen molar-refractivity contribution >= 4 is 23.3 Å². The fourth-order valence-electron chi connectivity index (χ4n) is 0.810. The van der Waals surface area contributed by atoms with Crippen molar-refractivity contribution in [3.05, 3.63) is 10.6 Å². The summed E-state index contributed by atoms with van der Waals surface area (Å²) in [5.74, 6) is -1.31. The van der Waals surface area contributed by atoms with Crippen molar-refractivity contribution in [2.75, 3.05) is 6.54 Å². The molecule has 1 unspecified atom stereocenters. The molecule has 15 heavy (non-hydrogen) atoms. The number of hydrogen-bond donors (Lipinski definition) is 3. The topological polar surface area (TPSA) is 118 Å². The third-order valence-electron chi connectivity index (χ3n) is 1.64. The van der Waals surface area contributed by atoms with E-state index in [-0.39, 0.29) is 6.54 Å². The molecule has 0 radical (unpaired) electrons. The normalized spacial score (nSPS) is 12.1. The molecule has 0 aliphatic heterocycles. The number of carbonyl (C=O) groups is 2. The Kier molecular flexibility index (Phi) is 3.69. The molecule has 0 aliphatic carbocycles. The summed E-state index contributed by atoms with van der Waals surface area (Å²) in [4.78, 5) is 22.2. The van der Waals surface area contributed by atoms with Crippen LogP contribution in [0.4, 0.5) is 0 Å². The molecule has 1 aromatic rings. The van der Waals surface area contributed by atoms with Crippen LogP contribution < -0.4 is 11.1 Å². The van der Waals surface area contributed by atoms with E-state index in [1.807, 2.05) is 0 Å². The maximum absolute atomic E-state index is 11.4. The Bertz CT molecular complexity index is 378. The monoisotopic (exact) mass is 230 g/mol. The molecular weight excluding hydrogens is 220 g/mol. The minimum atomic E-state index is -1.38. The van der Waals surface area contributed by atoms with Gasteiger partial charge >= 0.3 is 0 Å². The van der Waals surface area contributed by atoms with Gasteiger partial charge in [-0.15, -0.1) is 5.10 Å². The number of nitrogens with one attached hydrogen (secondary N) is 1. The Morgan fingerprint density at radius 3 is 2.80 bits per heavy atom. The molecule has 0 aromatic carbocycles. The first-order valence-electron chi connectivity index (χ1n) is 4.07. The van der Waals surface area contributed by atoms with Gasteiger partial charge < -0.3 is 16.2 Å². The van der Waals surface area contributed by atoms with E-state index in [9.17, 15) is 9.59 Å². The highest BCUT2D eigenvalue weighted by Crippen LogP contribution is 2.07. The van der Waals surface area contributed by atoms with Gasteiger partial charge in [-0.2, -0.15) is 0 Å². The standard InChI is InChI=1S/C7H10N4O3S/c1-3-5(15-11-10-3)7(14)9-2-4(12)6(8)13/h4,12H,2H2,1H3,(H2,8,13)(H,9,14). The molecule has 7 nitrogen and oxygen atoms in total. The number of hydrogen-bond acceptors (Lipinski definition) is 6. The Hall–Kier alpha value is -1.54. The highest BCUT2D eigenvalue weighted by atomic mass is 32.1. The quantitative estimate of drug-likeness (QED) is 0.577. The summed E-state index contributed by atoms with van der Waals surface area (Å²) in [5, 5.41) is 15.0. The number of nitrogens with zero attached hydrogens (tertiary/aromatic N) is 2. The number of amides is 2. The lowest BCUT2D eigenvalue weighted by Crippen LogP contribution is -2.39. The van der Waals surface area contributed by atoms with Crippen LogP contribution in [0.15, 0.2) is 0 Å². The zero-order valence-electron chi connectivity index (χ0n) is 7.93. The molecule has 8 heteroatoms. The van der Waals surface area contributed by atoms with Gasteiger partial charge in [0.25, 0.3) is 5.91 Å². The number of aliphatic hydroxyl groups is 1. The van der Waals surface area contributed by atoms with E-state index in [0.717, 1.165) is 11.5 Å². The number of rotatable bonds is 4. The van der Waals surface area contributed by atoms with Crippen molar-refractivity contribution in [1.82, 2.24) is 14.9 Å². The Balaban J connectivity index is 2.51. The maximum Gasteiger partial charge on any atom is 0.265 e. The zero-order chi connectivity index (χ0) is 11.4. The summed E-state index contributed by atoms with van der Waals surface area (Å²) >= 11 is 0.947. The predicted molar refractivity (Wildman–Crippen MR) is 52.2 cm³/mol. The SMILES string of the molecule is Cc1nnsc1C(=O)NCC(O)C(N)=O. The van der Waals surface area contributed by atoms with Crippen molar-refractivity contribution < 1.29 is 14.7 Å².